The van der Waals surface area contributed by atoms with Crippen molar-refractivity contribution in [2.45, 2.75) is 19.9 Å². The fraction of sp³-hybridized carbons (Fsp3) is 0.417. The zero-order valence-electron chi connectivity index (χ0n) is 18.4. The summed E-state index contributed by atoms with van der Waals surface area (Å²) >= 11 is 0. The van der Waals surface area contributed by atoms with E-state index in [1.807, 2.05) is 30.3 Å². The van der Waals surface area contributed by atoms with Gasteiger partial charge in [0.15, 0.2) is 13.1 Å². The molecule has 1 fully saturated rings. The molecule has 0 unspecified atom stereocenters. The van der Waals surface area contributed by atoms with E-state index in [9.17, 15) is 14.0 Å². The third kappa shape index (κ3) is 6.87. The van der Waals surface area contributed by atoms with Crippen LogP contribution in [-0.4, -0.2) is 63.0 Å². The minimum Gasteiger partial charge on any atom is -0.337 e. The molecule has 6 nitrogen and oxygen atoms in total. The Kier molecular flexibility index (Phi) is 8.14. The summed E-state index contributed by atoms with van der Waals surface area (Å²) in [5.74, 6) is -0.202. The fourth-order valence-corrected chi connectivity index (χ4v) is 4.03. The van der Waals surface area contributed by atoms with Crippen LogP contribution in [0.3, 0.4) is 0 Å². The molecule has 0 aliphatic carbocycles. The molecule has 2 aromatic rings. The van der Waals surface area contributed by atoms with Gasteiger partial charge < -0.3 is 20.0 Å². The number of rotatable bonds is 8. The number of amides is 2. The summed E-state index contributed by atoms with van der Waals surface area (Å²) in [6.07, 6.45) is 0.882. The lowest BCUT2D eigenvalue weighted by molar-refractivity contribution is -1.00. The van der Waals surface area contributed by atoms with E-state index < -0.39 is 0 Å². The first-order chi connectivity index (χ1) is 14.9. The van der Waals surface area contributed by atoms with E-state index in [-0.39, 0.29) is 17.6 Å². The van der Waals surface area contributed by atoms with Gasteiger partial charge in [-0.2, -0.15) is 0 Å². The highest BCUT2D eigenvalue weighted by molar-refractivity contribution is 5.92. The molecule has 3 rings (SSSR count). The largest absolute Gasteiger partial charge is 0.337 e. The predicted molar refractivity (Wildman–Crippen MR) is 118 cm³/mol. The van der Waals surface area contributed by atoms with Crippen LogP contribution in [0.25, 0.3) is 0 Å². The zero-order valence-corrected chi connectivity index (χ0v) is 18.4. The number of nitrogens with one attached hydrogen (secondary N) is 3. The smallest absolute Gasteiger partial charge is 0.279 e. The van der Waals surface area contributed by atoms with Gasteiger partial charge in [0, 0.05) is 19.3 Å². The molecule has 2 amide bonds. The Bertz CT molecular complexity index is 897. The van der Waals surface area contributed by atoms with E-state index in [4.69, 9.17) is 0 Å². The van der Waals surface area contributed by atoms with Crippen LogP contribution in [0.4, 0.5) is 10.1 Å². The molecule has 7 heteroatoms. The second-order valence-corrected chi connectivity index (χ2v) is 8.29. The van der Waals surface area contributed by atoms with Crippen molar-refractivity contribution in [2.75, 3.05) is 51.6 Å². The number of carbonyl (C=O) groups is 2. The number of quaternary nitrogens is 2. The Morgan fingerprint density at radius 1 is 1.00 bits per heavy atom. The van der Waals surface area contributed by atoms with E-state index in [1.54, 1.807) is 18.0 Å². The maximum Gasteiger partial charge on any atom is 0.279 e. The van der Waals surface area contributed by atoms with Crippen molar-refractivity contribution >= 4 is 17.5 Å². The van der Waals surface area contributed by atoms with E-state index in [0.717, 1.165) is 49.4 Å². The Hall–Kier alpha value is -2.77. The SMILES string of the molecule is CCc1ccccc1NC(=O)C[NH+]1CC[NH+](CC(=O)N(C)Cc2cccc(F)c2)CC1. The summed E-state index contributed by atoms with van der Waals surface area (Å²) < 4.78 is 13.3. The van der Waals surface area contributed by atoms with Crippen LogP contribution in [-0.2, 0) is 22.6 Å². The van der Waals surface area contributed by atoms with Gasteiger partial charge in [-0.3, -0.25) is 9.59 Å². The number of hydrogen-bond donors (Lipinski definition) is 3. The summed E-state index contributed by atoms with van der Waals surface area (Å²) in [7, 11) is 1.76. The summed E-state index contributed by atoms with van der Waals surface area (Å²) in [6.45, 7) is 6.78. The maximum atomic E-state index is 13.3. The summed E-state index contributed by atoms with van der Waals surface area (Å²) in [5, 5.41) is 3.04. The van der Waals surface area contributed by atoms with Crippen LogP contribution in [0.2, 0.25) is 0 Å². The molecular formula is C24H33FN4O2+2. The van der Waals surface area contributed by atoms with Gasteiger partial charge in [-0.25, -0.2) is 4.39 Å². The third-order valence-electron chi connectivity index (χ3n) is 5.88. The van der Waals surface area contributed by atoms with Crippen LogP contribution in [0.5, 0.6) is 0 Å². The number of anilines is 1. The number of para-hydroxylation sites is 1. The van der Waals surface area contributed by atoms with Gasteiger partial charge in [-0.1, -0.05) is 37.3 Å². The molecule has 0 saturated carbocycles. The third-order valence-corrected chi connectivity index (χ3v) is 5.88. The number of carbonyl (C=O) groups excluding carboxylic acids is 2. The topological polar surface area (TPSA) is 58.3 Å². The predicted octanol–water partition coefficient (Wildman–Crippen LogP) is -0.231. The quantitative estimate of drug-likeness (QED) is 0.544. The van der Waals surface area contributed by atoms with E-state index >= 15 is 0 Å². The van der Waals surface area contributed by atoms with Gasteiger partial charge in [-0.05, 0) is 35.7 Å². The van der Waals surface area contributed by atoms with Crippen molar-refractivity contribution in [3.63, 3.8) is 0 Å². The van der Waals surface area contributed by atoms with Crippen LogP contribution in [0.15, 0.2) is 48.5 Å². The first-order valence-electron chi connectivity index (χ1n) is 11.0. The minimum absolute atomic E-state index is 0.0326. The average molecular weight is 429 g/mol. The normalized spacial score (nSPS) is 18.4. The van der Waals surface area contributed by atoms with Gasteiger partial charge in [0.1, 0.15) is 32.0 Å². The fourth-order valence-electron chi connectivity index (χ4n) is 4.03. The lowest BCUT2D eigenvalue weighted by Gasteiger charge is -2.30. The highest BCUT2D eigenvalue weighted by Gasteiger charge is 2.27. The zero-order chi connectivity index (χ0) is 22.2. The molecule has 2 aromatic carbocycles. The molecule has 1 saturated heterocycles. The highest BCUT2D eigenvalue weighted by atomic mass is 19.1. The second kappa shape index (κ2) is 11.0. The number of benzene rings is 2. The standard InChI is InChI=1S/C24H31FN4O2/c1-3-20-8-4-5-10-22(20)26-23(30)17-28-11-13-29(14-12-28)18-24(31)27(2)16-19-7-6-9-21(25)15-19/h4-10,15H,3,11-14,16-18H2,1-2H3,(H,26,30)/p+2. The molecule has 0 spiro atoms. The molecular weight excluding hydrogens is 395 g/mol. The first kappa shape index (κ1) is 22.9. The Morgan fingerprint density at radius 2 is 1.68 bits per heavy atom. The Balaban J connectivity index is 1.40. The maximum absolute atomic E-state index is 13.3. The second-order valence-electron chi connectivity index (χ2n) is 8.29. The van der Waals surface area contributed by atoms with Crippen molar-refractivity contribution in [1.29, 1.82) is 0 Å². The van der Waals surface area contributed by atoms with Crippen molar-refractivity contribution in [3.05, 3.63) is 65.5 Å². The van der Waals surface area contributed by atoms with E-state index in [2.05, 4.69) is 12.2 Å². The number of piperazine rings is 1. The number of hydrogen-bond acceptors (Lipinski definition) is 2. The molecule has 1 aliphatic rings. The average Bonchev–Trinajstić information content (AvgIpc) is 2.75. The van der Waals surface area contributed by atoms with Crippen LogP contribution < -0.4 is 15.1 Å². The van der Waals surface area contributed by atoms with Crippen LogP contribution >= 0.6 is 0 Å². The van der Waals surface area contributed by atoms with E-state index in [1.165, 1.54) is 21.9 Å². The van der Waals surface area contributed by atoms with Gasteiger partial charge in [-0.15, -0.1) is 0 Å². The van der Waals surface area contributed by atoms with Gasteiger partial charge >= 0.3 is 0 Å². The monoisotopic (exact) mass is 428 g/mol. The molecule has 1 aliphatic heterocycles. The lowest BCUT2D eigenvalue weighted by Crippen LogP contribution is -3.28. The molecule has 0 atom stereocenters. The van der Waals surface area contributed by atoms with Crippen molar-refractivity contribution in [1.82, 2.24) is 4.90 Å². The Morgan fingerprint density at radius 3 is 2.35 bits per heavy atom. The van der Waals surface area contributed by atoms with Crippen molar-refractivity contribution in [2.24, 2.45) is 0 Å². The molecule has 0 bridgehead atoms. The first-order valence-corrected chi connectivity index (χ1v) is 11.0. The molecule has 31 heavy (non-hydrogen) atoms. The lowest BCUT2D eigenvalue weighted by atomic mass is 10.1. The highest BCUT2D eigenvalue weighted by Crippen LogP contribution is 2.14. The molecule has 0 aromatic heterocycles. The number of aryl methyl sites for hydroxylation is 1. The molecule has 166 valence electrons. The molecule has 3 N–H and O–H groups in total. The van der Waals surface area contributed by atoms with Crippen LogP contribution in [0, 0.1) is 5.82 Å². The van der Waals surface area contributed by atoms with Crippen molar-refractivity contribution in [3.8, 4) is 0 Å². The summed E-state index contributed by atoms with van der Waals surface area (Å²) in [6, 6.07) is 14.2. The summed E-state index contributed by atoms with van der Waals surface area (Å²) in [4.78, 5) is 29.2. The van der Waals surface area contributed by atoms with Gasteiger partial charge in [0.2, 0.25) is 0 Å². The van der Waals surface area contributed by atoms with Crippen molar-refractivity contribution < 1.29 is 23.8 Å². The molecule has 0 radical (unpaired) electrons. The number of nitrogens with zero attached hydrogens (tertiary/aromatic N) is 1. The van der Waals surface area contributed by atoms with E-state index in [0.29, 0.717) is 19.6 Å². The van der Waals surface area contributed by atoms with Gasteiger partial charge in [0.05, 0.1) is 0 Å². The van der Waals surface area contributed by atoms with Gasteiger partial charge in [0.25, 0.3) is 11.8 Å². The minimum atomic E-state index is -0.287. The van der Waals surface area contributed by atoms with Crippen LogP contribution in [0.1, 0.15) is 18.1 Å². The number of halogens is 1. The number of likely N-dealkylation sites (N-methyl/N-ethyl adjacent to an activating group) is 1. The Labute approximate surface area is 183 Å². The summed E-state index contributed by atoms with van der Waals surface area (Å²) in [5.41, 5.74) is 2.82. The molecule has 1 heterocycles.